The molecule has 0 atom stereocenters. The lowest BCUT2D eigenvalue weighted by Gasteiger charge is -2.23. The van der Waals surface area contributed by atoms with Crippen molar-refractivity contribution < 1.29 is 4.79 Å². The average molecular weight is 269 g/mol. The molecule has 4 nitrogen and oxygen atoms in total. The number of nitrogens with zero attached hydrogens (tertiary/aromatic N) is 2. The van der Waals surface area contributed by atoms with E-state index >= 15 is 0 Å². The molecule has 0 saturated heterocycles. The van der Waals surface area contributed by atoms with E-state index in [0.717, 1.165) is 17.7 Å². The first kappa shape index (κ1) is 14.2. The van der Waals surface area contributed by atoms with Crippen LogP contribution in [0.15, 0.2) is 48.8 Å². The van der Waals surface area contributed by atoms with Crippen LogP contribution in [0.4, 0.5) is 5.69 Å². The minimum atomic E-state index is -0.0218. The highest BCUT2D eigenvalue weighted by molar-refractivity contribution is 6.06. The lowest BCUT2D eigenvalue weighted by atomic mass is 10.1. The summed E-state index contributed by atoms with van der Waals surface area (Å²) in [6.07, 6.45) is 4.03. The van der Waals surface area contributed by atoms with Gasteiger partial charge in [0.25, 0.3) is 5.91 Å². The number of carbonyl (C=O) groups excluding carboxylic acids is 1. The summed E-state index contributed by atoms with van der Waals surface area (Å²) in [7, 11) is 0. The Hall–Kier alpha value is -2.20. The van der Waals surface area contributed by atoms with E-state index in [1.807, 2.05) is 31.2 Å². The maximum atomic E-state index is 12.6. The second-order valence-corrected chi connectivity index (χ2v) is 4.67. The van der Waals surface area contributed by atoms with Gasteiger partial charge in [-0.25, -0.2) is 0 Å². The lowest BCUT2D eigenvalue weighted by Crippen LogP contribution is -2.33. The molecule has 0 bridgehead atoms. The Morgan fingerprint density at radius 1 is 1.25 bits per heavy atom. The molecule has 104 valence electrons. The molecular weight excluding hydrogens is 250 g/mol. The minimum absolute atomic E-state index is 0.0218. The molecule has 4 heteroatoms. The predicted octanol–water partition coefficient (Wildman–Crippen LogP) is 2.39. The second kappa shape index (κ2) is 6.82. The lowest BCUT2D eigenvalue weighted by molar-refractivity contribution is 0.0986. The van der Waals surface area contributed by atoms with Crippen molar-refractivity contribution in [2.24, 2.45) is 5.73 Å². The summed E-state index contributed by atoms with van der Waals surface area (Å²) in [5, 5.41) is 0. The Bertz CT molecular complexity index is 569. The molecule has 1 amide bonds. The van der Waals surface area contributed by atoms with Crippen LogP contribution in [-0.4, -0.2) is 24.0 Å². The van der Waals surface area contributed by atoms with Gasteiger partial charge in [-0.2, -0.15) is 0 Å². The van der Waals surface area contributed by atoms with Gasteiger partial charge in [0.05, 0.1) is 0 Å². The summed E-state index contributed by atoms with van der Waals surface area (Å²) in [5.74, 6) is -0.0218. The summed E-state index contributed by atoms with van der Waals surface area (Å²) in [5.41, 5.74) is 8.24. The normalized spacial score (nSPS) is 10.3. The Balaban J connectivity index is 2.30. The van der Waals surface area contributed by atoms with Crippen molar-refractivity contribution in [3.63, 3.8) is 0 Å². The molecule has 0 aliphatic heterocycles. The third kappa shape index (κ3) is 3.42. The summed E-state index contributed by atoms with van der Waals surface area (Å²) in [6, 6.07) is 11.4. The average Bonchev–Trinajstić information content (AvgIpc) is 2.48. The quantitative estimate of drug-likeness (QED) is 0.906. The van der Waals surface area contributed by atoms with Crippen LogP contribution < -0.4 is 10.6 Å². The van der Waals surface area contributed by atoms with Gasteiger partial charge in [0.15, 0.2) is 0 Å². The SMILES string of the molecule is Cc1cccc(N(CCCN)C(=O)c2ccncc2)c1. The van der Waals surface area contributed by atoms with Crippen molar-refractivity contribution in [2.45, 2.75) is 13.3 Å². The molecule has 0 spiro atoms. The van der Waals surface area contributed by atoms with Crippen molar-refractivity contribution in [1.82, 2.24) is 4.98 Å². The van der Waals surface area contributed by atoms with Gasteiger partial charge in [-0.15, -0.1) is 0 Å². The van der Waals surface area contributed by atoms with E-state index in [1.54, 1.807) is 29.4 Å². The third-order valence-corrected chi connectivity index (χ3v) is 3.07. The third-order valence-electron chi connectivity index (χ3n) is 3.07. The Morgan fingerprint density at radius 2 is 2.00 bits per heavy atom. The van der Waals surface area contributed by atoms with Crippen LogP contribution in [0.3, 0.4) is 0 Å². The summed E-state index contributed by atoms with van der Waals surface area (Å²) in [4.78, 5) is 18.3. The molecule has 0 saturated carbocycles. The van der Waals surface area contributed by atoms with Crippen molar-refractivity contribution in [3.8, 4) is 0 Å². The van der Waals surface area contributed by atoms with Crippen molar-refractivity contribution in [1.29, 1.82) is 0 Å². The molecule has 2 rings (SSSR count). The van der Waals surface area contributed by atoms with Gasteiger partial charge >= 0.3 is 0 Å². The molecule has 0 aliphatic rings. The van der Waals surface area contributed by atoms with E-state index in [2.05, 4.69) is 4.98 Å². The van der Waals surface area contributed by atoms with E-state index in [-0.39, 0.29) is 5.91 Å². The van der Waals surface area contributed by atoms with Crippen LogP contribution in [0.25, 0.3) is 0 Å². The predicted molar refractivity (Wildman–Crippen MR) is 80.8 cm³/mol. The van der Waals surface area contributed by atoms with Gasteiger partial charge in [-0.05, 0) is 49.7 Å². The number of nitrogens with two attached hydrogens (primary N) is 1. The van der Waals surface area contributed by atoms with Gasteiger partial charge in [0.1, 0.15) is 0 Å². The number of anilines is 1. The highest BCUT2D eigenvalue weighted by Crippen LogP contribution is 2.18. The number of hydrogen-bond donors (Lipinski definition) is 1. The van der Waals surface area contributed by atoms with Gasteiger partial charge in [0.2, 0.25) is 0 Å². The van der Waals surface area contributed by atoms with Gasteiger partial charge in [-0.1, -0.05) is 12.1 Å². The fourth-order valence-corrected chi connectivity index (χ4v) is 2.04. The van der Waals surface area contributed by atoms with E-state index < -0.39 is 0 Å². The monoisotopic (exact) mass is 269 g/mol. The number of rotatable bonds is 5. The molecule has 0 aliphatic carbocycles. The smallest absolute Gasteiger partial charge is 0.258 e. The fraction of sp³-hybridized carbons (Fsp3) is 0.250. The van der Waals surface area contributed by atoms with Crippen LogP contribution in [0.5, 0.6) is 0 Å². The second-order valence-electron chi connectivity index (χ2n) is 4.67. The molecule has 20 heavy (non-hydrogen) atoms. The van der Waals surface area contributed by atoms with Crippen molar-refractivity contribution >= 4 is 11.6 Å². The molecule has 1 heterocycles. The minimum Gasteiger partial charge on any atom is -0.330 e. The number of carbonyl (C=O) groups is 1. The summed E-state index contributed by atoms with van der Waals surface area (Å²) in [6.45, 7) is 3.19. The zero-order valence-corrected chi connectivity index (χ0v) is 11.6. The fourth-order valence-electron chi connectivity index (χ4n) is 2.04. The number of hydrogen-bond acceptors (Lipinski definition) is 3. The van der Waals surface area contributed by atoms with E-state index in [9.17, 15) is 4.79 Å². The Labute approximate surface area is 119 Å². The standard InChI is InChI=1S/C16H19N3O/c1-13-4-2-5-15(12-13)19(11-3-8-17)16(20)14-6-9-18-10-7-14/h2,4-7,9-10,12H,3,8,11,17H2,1H3. The van der Waals surface area contributed by atoms with Crippen LogP contribution in [-0.2, 0) is 0 Å². The Kier molecular flexibility index (Phi) is 4.85. The van der Waals surface area contributed by atoms with Gasteiger partial charge in [0, 0.05) is 30.2 Å². The molecular formula is C16H19N3O. The van der Waals surface area contributed by atoms with E-state index in [4.69, 9.17) is 5.73 Å². The van der Waals surface area contributed by atoms with Crippen molar-refractivity contribution in [2.75, 3.05) is 18.0 Å². The molecule has 1 aromatic heterocycles. The zero-order valence-electron chi connectivity index (χ0n) is 11.6. The summed E-state index contributed by atoms with van der Waals surface area (Å²) < 4.78 is 0. The Morgan fingerprint density at radius 3 is 2.65 bits per heavy atom. The number of amides is 1. The van der Waals surface area contributed by atoms with Gasteiger partial charge < -0.3 is 10.6 Å². The highest BCUT2D eigenvalue weighted by atomic mass is 16.2. The number of benzene rings is 1. The number of pyridine rings is 1. The maximum Gasteiger partial charge on any atom is 0.258 e. The molecule has 0 fully saturated rings. The first-order valence-electron chi connectivity index (χ1n) is 6.71. The van der Waals surface area contributed by atoms with Crippen LogP contribution in [0, 0.1) is 6.92 Å². The topological polar surface area (TPSA) is 59.2 Å². The molecule has 0 radical (unpaired) electrons. The number of aryl methyl sites for hydroxylation is 1. The highest BCUT2D eigenvalue weighted by Gasteiger charge is 2.17. The van der Waals surface area contributed by atoms with Gasteiger partial charge in [-0.3, -0.25) is 9.78 Å². The van der Waals surface area contributed by atoms with Crippen LogP contribution >= 0.6 is 0 Å². The zero-order chi connectivity index (χ0) is 14.4. The van der Waals surface area contributed by atoms with E-state index in [0.29, 0.717) is 18.7 Å². The molecule has 0 unspecified atom stereocenters. The molecule has 2 N–H and O–H groups in total. The summed E-state index contributed by atoms with van der Waals surface area (Å²) >= 11 is 0. The van der Waals surface area contributed by atoms with Crippen molar-refractivity contribution in [3.05, 3.63) is 59.9 Å². The van der Waals surface area contributed by atoms with E-state index in [1.165, 1.54) is 0 Å². The molecule has 2 aromatic rings. The largest absolute Gasteiger partial charge is 0.330 e. The van der Waals surface area contributed by atoms with Crippen LogP contribution in [0.2, 0.25) is 0 Å². The first-order valence-corrected chi connectivity index (χ1v) is 6.71. The first-order chi connectivity index (χ1) is 9.72. The molecule has 1 aromatic carbocycles. The van der Waals surface area contributed by atoms with Crippen LogP contribution in [0.1, 0.15) is 22.3 Å². The number of aromatic nitrogens is 1. The maximum absolute atomic E-state index is 12.6.